The van der Waals surface area contributed by atoms with Crippen molar-refractivity contribution in [3.63, 3.8) is 0 Å². The van der Waals surface area contributed by atoms with Crippen molar-refractivity contribution in [2.24, 2.45) is 7.05 Å². The van der Waals surface area contributed by atoms with E-state index in [9.17, 15) is 4.79 Å². The number of imidazole rings is 1. The number of hydrogen-bond acceptors (Lipinski definition) is 3. The molecule has 0 aliphatic heterocycles. The maximum Gasteiger partial charge on any atom is 0.253 e. The van der Waals surface area contributed by atoms with E-state index in [0.29, 0.717) is 25.3 Å². The Labute approximate surface area is 160 Å². The number of ether oxygens (including phenoxy) is 1. The molecule has 1 aromatic heterocycles. The molecule has 0 atom stereocenters. The standard InChI is InChI=1S/C22H27N3O2/c1-5-25(6-2)22(26)17-10-13-20-19(15-17)23-21(24(20)4)14-16-8-11-18(12-9-16)27-7-3/h8-13,15H,5-7,14H2,1-4H3. The average molecular weight is 365 g/mol. The summed E-state index contributed by atoms with van der Waals surface area (Å²) in [7, 11) is 2.02. The summed E-state index contributed by atoms with van der Waals surface area (Å²) in [6.45, 7) is 8.05. The zero-order chi connectivity index (χ0) is 19.4. The van der Waals surface area contributed by atoms with Gasteiger partial charge in [0.05, 0.1) is 17.6 Å². The molecular weight excluding hydrogens is 338 g/mol. The van der Waals surface area contributed by atoms with Gasteiger partial charge >= 0.3 is 0 Å². The van der Waals surface area contributed by atoms with Crippen LogP contribution in [0.1, 0.15) is 42.5 Å². The number of rotatable bonds is 7. The maximum atomic E-state index is 12.6. The number of benzene rings is 2. The summed E-state index contributed by atoms with van der Waals surface area (Å²) in [5, 5.41) is 0. The normalized spacial score (nSPS) is 11.0. The quantitative estimate of drug-likeness (QED) is 0.635. The second-order valence-electron chi connectivity index (χ2n) is 6.52. The van der Waals surface area contributed by atoms with Gasteiger partial charge in [0.2, 0.25) is 0 Å². The fourth-order valence-corrected chi connectivity index (χ4v) is 3.29. The Balaban J connectivity index is 1.87. The first kappa shape index (κ1) is 19.0. The van der Waals surface area contributed by atoms with E-state index in [-0.39, 0.29) is 5.91 Å². The Morgan fingerprint density at radius 3 is 2.41 bits per heavy atom. The summed E-state index contributed by atoms with van der Waals surface area (Å²) < 4.78 is 7.59. The van der Waals surface area contributed by atoms with Crippen LogP contribution in [-0.2, 0) is 13.5 Å². The number of carbonyl (C=O) groups excluding carboxylic acids is 1. The van der Waals surface area contributed by atoms with E-state index >= 15 is 0 Å². The van der Waals surface area contributed by atoms with Crippen LogP contribution >= 0.6 is 0 Å². The number of carbonyl (C=O) groups is 1. The molecule has 1 heterocycles. The minimum absolute atomic E-state index is 0.0561. The Bertz CT molecular complexity index is 925. The Morgan fingerprint density at radius 2 is 1.78 bits per heavy atom. The molecule has 0 aliphatic rings. The summed E-state index contributed by atoms with van der Waals surface area (Å²) in [6, 6.07) is 13.9. The highest BCUT2D eigenvalue weighted by atomic mass is 16.5. The van der Waals surface area contributed by atoms with Gasteiger partial charge in [-0.15, -0.1) is 0 Å². The summed E-state index contributed by atoms with van der Waals surface area (Å²) in [5.74, 6) is 1.91. The van der Waals surface area contributed by atoms with E-state index in [4.69, 9.17) is 9.72 Å². The van der Waals surface area contributed by atoms with Gasteiger partial charge < -0.3 is 14.2 Å². The van der Waals surface area contributed by atoms with Crippen molar-refractivity contribution in [1.82, 2.24) is 14.5 Å². The molecule has 0 aliphatic carbocycles. The molecule has 142 valence electrons. The molecule has 0 fully saturated rings. The highest BCUT2D eigenvalue weighted by Crippen LogP contribution is 2.21. The third-order valence-electron chi connectivity index (χ3n) is 4.87. The van der Waals surface area contributed by atoms with Gasteiger partial charge in [0.1, 0.15) is 11.6 Å². The highest BCUT2D eigenvalue weighted by molar-refractivity contribution is 5.97. The van der Waals surface area contributed by atoms with Crippen molar-refractivity contribution in [3.05, 3.63) is 59.4 Å². The number of aryl methyl sites for hydroxylation is 1. The molecule has 0 radical (unpaired) electrons. The molecule has 27 heavy (non-hydrogen) atoms. The predicted molar refractivity (Wildman–Crippen MR) is 108 cm³/mol. The molecule has 3 aromatic rings. The summed E-state index contributed by atoms with van der Waals surface area (Å²) in [5.41, 5.74) is 3.76. The van der Waals surface area contributed by atoms with Crippen molar-refractivity contribution in [2.45, 2.75) is 27.2 Å². The lowest BCUT2D eigenvalue weighted by Crippen LogP contribution is -2.30. The van der Waals surface area contributed by atoms with Crippen LogP contribution in [0.4, 0.5) is 0 Å². The Morgan fingerprint density at radius 1 is 1.07 bits per heavy atom. The molecule has 0 saturated carbocycles. The largest absolute Gasteiger partial charge is 0.494 e. The number of aromatic nitrogens is 2. The van der Waals surface area contributed by atoms with Crippen LogP contribution in [0.25, 0.3) is 11.0 Å². The lowest BCUT2D eigenvalue weighted by Gasteiger charge is -2.18. The molecule has 2 aromatic carbocycles. The van der Waals surface area contributed by atoms with Gasteiger partial charge in [-0.2, -0.15) is 0 Å². The van der Waals surface area contributed by atoms with Gasteiger partial charge in [-0.3, -0.25) is 4.79 Å². The van der Waals surface area contributed by atoms with Crippen LogP contribution in [0, 0.1) is 0 Å². The lowest BCUT2D eigenvalue weighted by molar-refractivity contribution is 0.0773. The molecule has 5 heteroatoms. The number of amides is 1. The lowest BCUT2D eigenvalue weighted by atomic mass is 10.1. The Hall–Kier alpha value is -2.82. The SMILES string of the molecule is CCOc1ccc(Cc2nc3cc(C(=O)N(CC)CC)ccc3n2C)cc1. The Kier molecular flexibility index (Phi) is 5.79. The first-order valence-electron chi connectivity index (χ1n) is 9.53. The molecule has 5 nitrogen and oxygen atoms in total. The third-order valence-corrected chi connectivity index (χ3v) is 4.87. The van der Waals surface area contributed by atoms with Crippen LogP contribution in [-0.4, -0.2) is 40.1 Å². The van der Waals surface area contributed by atoms with Crippen LogP contribution in [0.15, 0.2) is 42.5 Å². The smallest absolute Gasteiger partial charge is 0.253 e. The molecule has 0 unspecified atom stereocenters. The molecule has 1 amide bonds. The van der Waals surface area contributed by atoms with E-state index in [0.717, 1.165) is 29.0 Å². The van der Waals surface area contributed by atoms with E-state index in [1.165, 1.54) is 5.56 Å². The first-order valence-corrected chi connectivity index (χ1v) is 9.53. The predicted octanol–water partition coefficient (Wildman–Crippen LogP) is 4.04. The number of nitrogens with zero attached hydrogens (tertiary/aromatic N) is 3. The summed E-state index contributed by atoms with van der Waals surface area (Å²) in [6.07, 6.45) is 0.733. The third kappa shape index (κ3) is 3.97. The van der Waals surface area contributed by atoms with Gasteiger partial charge in [-0.1, -0.05) is 12.1 Å². The second kappa shape index (κ2) is 8.25. The van der Waals surface area contributed by atoms with E-state index in [1.54, 1.807) is 0 Å². The van der Waals surface area contributed by atoms with Gasteiger partial charge in [0, 0.05) is 32.1 Å². The summed E-state index contributed by atoms with van der Waals surface area (Å²) >= 11 is 0. The molecular formula is C22H27N3O2. The first-order chi connectivity index (χ1) is 13.1. The fraction of sp³-hybridized carbons (Fsp3) is 0.364. The van der Waals surface area contributed by atoms with Crippen LogP contribution < -0.4 is 4.74 Å². The van der Waals surface area contributed by atoms with Gasteiger partial charge in [-0.25, -0.2) is 4.98 Å². The zero-order valence-corrected chi connectivity index (χ0v) is 16.5. The summed E-state index contributed by atoms with van der Waals surface area (Å²) in [4.78, 5) is 19.2. The van der Waals surface area contributed by atoms with Crippen molar-refractivity contribution < 1.29 is 9.53 Å². The van der Waals surface area contributed by atoms with E-state index in [1.807, 2.05) is 63.1 Å². The van der Waals surface area contributed by atoms with Crippen LogP contribution in [0.3, 0.4) is 0 Å². The number of hydrogen-bond donors (Lipinski definition) is 0. The van der Waals surface area contributed by atoms with E-state index < -0.39 is 0 Å². The molecule has 0 N–H and O–H groups in total. The molecule has 0 spiro atoms. The monoisotopic (exact) mass is 365 g/mol. The fourth-order valence-electron chi connectivity index (χ4n) is 3.29. The highest BCUT2D eigenvalue weighted by Gasteiger charge is 2.15. The van der Waals surface area contributed by atoms with Gasteiger partial charge in [-0.05, 0) is 56.7 Å². The minimum Gasteiger partial charge on any atom is -0.494 e. The zero-order valence-electron chi connectivity index (χ0n) is 16.5. The number of fused-ring (bicyclic) bond motifs is 1. The van der Waals surface area contributed by atoms with Gasteiger partial charge in [0.15, 0.2) is 0 Å². The molecule has 0 bridgehead atoms. The maximum absolute atomic E-state index is 12.6. The average Bonchev–Trinajstić information content (AvgIpc) is 2.99. The van der Waals surface area contributed by atoms with Crippen molar-refractivity contribution in [2.75, 3.05) is 19.7 Å². The molecule has 3 rings (SSSR count). The van der Waals surface area contributed by atoms with Crippen molar-refractivity contribution in [3.8, 4) is 5.75 Å². The van der Waals surface area contributed by atoms with Crippen molar-refractivity contribution in [1.29, 1.82) is 0 Å². The van der Waals surface area contributed by atoms with Crippen molar-refractivity contribution >= 4 is 16.9 Å². The topological polar surface area (TPSA) is 47.4 Å². The second-order valence-corrected chi connectivity index (χ2v) is 6.52. The van der Waals surface area contributed by atoms with Gasteiger partial charge in [0.25, 0.3) is 5.91 Å². The van der Waals surface area contributed by atoms with E-state index in [2.05, 4.69) is 16.7 Å². The minimum atomic E-state index is 0.0561. The van der Waals surface area contributed by atoms with Crippen LogP contribution in [0.5, 0.6) is 5.75 Å². The van der Waals surface area contributed by atoms with Crippen LogP contribution in [0.2, 0.25) is 0 Å². The molecule has 0 saturated heterocycles.